The topological polar surface area (TPSA) is 84.6 Å². The molecule has 0 unspecified atom stereocenters. The smallest absolute Gasteiger partial charge is 0.273 e. The van der Waals surface area contributed by atoms with E-state index in [0.717, 1.165) is 36.1 Å². The molecule has 8 nitrogen and oxygen atoms in total. The lowest BCUT2D eigenvalue weighted by Crippen LogP contribution is -2.31. The van der Waals surface area contributed by atoms with Crippen molar-refractivity contribution in [3.63, 3.8) is 0 Å². The van der Waals surface area contributed by atoms with E-state index in [1.54, 1.807) is 24.5 Å². The molecule has 0 aromatic carbocycles. The van der Waals surface area contributed by atoms with Gasteiger partial charge >= 0.3 is 0 Å². The molecule has 1 saturated heterocycles. The summed E-state index contributed by atoms with van der Waals surface area (Å²) in [5.41, 5.74) is 1.47. The van der Waals surface area contributed by atoms with Crippen molar-refractivity contribution in [2.75, 3.05) is 38.7 Å². The zero-order valence-electron chi connectivity index (χ0n) is 14.5. The summed E-state index contributed by atoms with van der Waals surface area (Å²) >= 11 is 1.51. The highest BCUT2D eigenvalue weighted by Crippen LogP contribution is 2.24. The number of anilines is 1. The molecule has 26 heavy (non-hydrogen) atoms. The molecular weight excluding hydrogens is 352 g/mol. The average molecular weight is 372 g/mol. The van der Waals surface area contributed by atoms with Gasteiger partial charge in [-0.25, -0.2) is 15.0 Å². The van der Waals surface area contributed by atoms with E-state index in [9.17, 15) is 4.79 Å². The minimum atomic E-state index is -0.0887. The fourth-order valence-electron chi connectivity index (χ4n) is 2.94. The van der Waals surface area contributed by atoms with Crippen molar-refractivity contribution in [1.29, 1.82) is 0 Å². The highest BCUT2D eigenvalue weighted by Gasteiger charge is 2.19. The van der Waals surface area contributed by atoms with Crippen LogP contribution >= 0.6 is 11.3 Å². The lowest BCUT2D eigenvalue weighted by atomic mass is 10.1. The zero-order chi connectivity index (χ0) is 17.9. The lowest BCUT2D eigenvalue weighted by Gasteiger charge is -2.16. The number of hydrogen-bond donors (Lipinski definition) is 1. The second-order valence-corrected chi connectivity index (χ2v) is 7.13. The third kappa shape index (κ3) is 3.54. The summed E-state index contributed by atoms with van der Waals surface area (Å²) in [7, 11) is 1.78. The van der Waals surface area contributed by atoms with Crippen LogP contribution in [-0.4, -0.2) is 63.5 Å². The summed E-state index contributed by atoms with van der Waals surface area (Å²) in [5, 5.41) is 5.20. The van der Waals surface area contributed by atoms with Crippen molar-refractivity contribution < 1.29 is 9.53 Å². The van der Waals surface area contributed by atoms with Crippen LogP contribution in [0.3, 0.4) is 0 Å². The number of fused-ring (bicyclic) bond motifs is 1. The van der Waals surface area contributed by atoms with Crippen LogP contribution in [0.5, 0.6) is 0 Å². The Kier molecular flexibility index (Phi) is 4.81. The number of hydrogen-bond acceptors (Lipinski definition) is 7. The van der Waals surface area contributed by atoms with E-state index in [4.69, 9.17) is 4.74 Å². The minimum absolute atomic E-state index is 0.0887. The van der Waals surface area contributed by atoms with Crippen LogP contribution in [0.2, 0.25) is 0 Å². The molecule has 1 N–H and O–H groups in total. The Balaban J connectivity index is 1.31. The molecule has 0 spiro atoms. The van der Waals surface area contributed by atoms with E-state index in [2.05, 4.69) is 20.3 Å². The summed E-state index contributed by atoms with van der Waals surface area (Å²) in [5.74, 6) is 1.03. The second-order valence-electron chi connectivity index (χ2n) is 6.26. The van der Waals surface area contributed by atoms with Gasteiger partial charge in [0.1, 0.15) is 17.8 Å². The monoisotopic (exact) mass is 372 g/mol. The van der Waals surface area contributed by atoms with E-state index in [1.165, 1.54) is 11.3 Å². The lowest BCUT2D eigenvalue weighted by molar-refractivity contribution is 0.0795. The molecule has 0 saturated carbocycles. The molecule has 1 amide bonds. The van der Waals surface area contributed by atoms with Crippen molar-refractivity contribution in [2.45, 2.75) is 12.3 Å². The van der Waals surface area contributed by atoms with Crippen molar-refractivity contribution in [3.05, 3.63) is 41.6 Å². The van der Waals surface area contributed by atoms with Crippen LogP contribution in [0.15, 0.2) is 30.2 Å². The van der Waals surface area contributed by atoms with Gasteiger partial charge in [0.2, 0.25) is 0 Å². The molecule has 3 aromatic rings. The van der Waals surface area contributed by atoms with Gasteiger partial charge in [0, 0.05) is 56.5 Å². The quantitative estimate of drug-likeness (QED) is 0.711. The number of rotatable bonds is 6. The Morgan fingerprint density at radius 2 is 2.42 bits per heavy atom. The van der Waals surface area contributed by atoms with Crippen molar-refractivity contribution in [3.8, 4) is 0 Å². The molecule has 1 atom stereocenters. The number of aromatic nitrogens is 4. The van der Waals surface area contributed by atoms with Gasteiger partial charge in [0.05, 0.1) is 12.3 Å². The van der Waals surface area contributed by atoms with Gasteiger partial charge in [0.15, 0.2) is 4.96 Å². The summed E-state index contributed by atoms with van der Waals surface area (Å²) in [6, 6.07) is 1.96. The fraction of sp³-hybridized carbons (Fsp3) is 0.412. The van der Waals surface area contributed by atoms with Gasteiger partial charge in [0.25, 0.3) is 5.91 Å². The Morgan fingerprint density at radius 1 is 1.50 bits per heavy atom. The zero-order valence-corrected chi connectivity index (χ0v) is 15.3. The summed E-state index contributed by atoms with van der Waals surface area (Å²) in [6.07, 6.45) is 6.23. The number of nitrogens with one attached hydrogen (secondary N) is 1. The highest BCUT2D eigenvalue weighted by atomic mass is 32.1. The first-order valence-corrected chi connectivity index (χ1v) is 9.40. The van der Waals surface area contributed by atoms with Crippen LogP contribution in [-0.2, 0) is 4.74 Å². The predicted octanol–water partition coefficient (Wildman–Crippen LogP) is 1.87. The van der Waals surface area contributed by atoms with Crippen molar-refractivity contribution in [2.24, 2.45) is 0 Å². The first-order chi connectivity index (χ1) is 12.7. The van der Waals surface area contributed by atoms with Crippen LogP contribution in [0.4, 0.5) is 5.82 Å². The molecule has 9 heteroatoms. The average Bonchev–Trinajstić information content (AvgIpc) is 3.38. The summed E-state index contributed by atoms with van der Waals surface area (Å²) in [4.78, 5) is 27.9. The molecule has 136 valence electrons. The highest BCUT2D eigenvalue weighted by molar-refractivity contribution is 7.15. The molecule has 0 bridgehead atoms. The van der Waals surface area contributed by atoms with Crippen molar-refractivity contribution in [1.82, 2.24) is 24.3 Å². The number of amides is 1. The van der Waals surface area contributed by atoms with Crippen LogP contribution in [0.1, 0.15) is 28.5 Å². The van der Waals surface area contributed by atoms with Gasteiger partial charge in [-0.05, 0) is 6.42 Å². The van der Waals surface area contributed by atoms with Crippen LogP contribution in [0.25, 0.3) is 4.96 Å². The molecular formula is C17H20N6O2S. The molecule has 3 aromatic heterocycles. The largest absolute Gasteiger partial charge is 0.381 e. The molecule has 0 aliphatic carbocycles. The molecule has 1 aliphatic heterocycles. The van der Waals surface area contributed by atoms with Crippen LogP contribution < -0.4 is 5.32 Å². The van der Waals surface area contributed by atoms with Crippen LogP contribution in [0, 0.1) is 0 Å². The third-order valence-corrected chi connectivity index (χ3v) is 5.22. The number of likely N-dealkylation sites (N-methyl/N-ethyl adjacent to an activating group) is 1. The number of carbonyl (C=O) groups is 1. The molecule has 1 fully saturated rings. The Hall–Kier alpha value is -2.52. The molecule has 0 radical (unpaired) electrons. The molecule has 1 aliphatic rings. The van der Waals surface area contributed by atoms with E-state index in [-0.39, 0.29) is 5.91 Å². The Bertz CT molecular complexity index is 873. The minimum Gasteiger partial charge on any atom is -0.381 e. The maximum absolute atomic E-state index is 12.5. The number of imidazole rings is 1. The van der Waals surface area contributed by atoms with Gasteiger partial charge < -0.3 is 15.0 Å². The maximum Gasteiger partial charge on any atom is 0.273 e. The van der Waals surface area contributed by atoms with Crippen molar-refractivity contribution >= 4 is 28.0 Å². The summed E-state index contributed by atoms with van der Waals surface area (Å²) in [6.45, 7) is 2.66. The van der Waals surface area contributed by atoms with E-state index in [1.807, 2.05) is 22.0 Å². The predicted molar refractivity (Wildman–Crippen MR) is 98.7 cm³/mol. The van der Waals surface area contributed by atoms with E-state index < -0.39 is 0 Å². The number of ether oxygens (including phenoxy) is 1. The van der Waals surface area contributed by atoms with Gasteiger partial charge in [-0.1, -0.05) is 0 Å². The first-order valence-electron chi connectivity index (χ1n) is 8.52. The Morgan fingerprint density at radius 3 is 3.23 bits per heavy atom. The van der Waals surface area contributed by atoms with Gasteiger partial charge in [-0.2, -0.15) is 0 Å². The maximum atomic E-state index is 12.5. The van der Waals surface area contributed by atoms with E-state index >= 15 is 0 Å². The summed E-state index contributed by atoms with van der Waals surface area (Å²) < 4.78 is 7.28. The third-order valence-electron chi connectivity index (χ3n) is 4.45. The van der Waals surface area contributed by atoms with Gasteiger partial charge in [-0.15, -0.1) is 11.3 Å². The SMILES string of the molecule is CN(CCNc1cc([C@H]2CCOC2)ncn1)C(=O)c1cn2ccsc2n1. The number of carbonyl (C=O) groups excluding carboxylic acids is 1. The number of thiazole rings is 1. The Labute approximate surface area is 154 Å². The molecule has 4 heterocycles. The number of nitrogens with zero attached hydrogens (tertiary/aromatic N) is 5. The first kappa shape index (κ1) is 16.9. The standard InChI is InChI=1S/C17H20N6O2S/c1-22(16(24)14-9-23-5-7-26-17(23)21-14)4-3-18-15-8-13(19-11-20-15)12-2-6-25-10-12/h5,7-9,11-12H,2-4,6,10H2,1H3,(H,18,19,20)/t12-/m0/s1. The fourth-order valence-corrected chi connectivity index (χ4v) is 3.64. The van der Waals surface area contributed by atoms with Gasteiger partial charge in [-0.3, -0.25) is 9.20 Å². The normalized spacial score (nSPS) is 16.9. The molecule has 4 rings (SSSR count). The van der Waals surface area contributed by atoms with E-state index in [0.29, 0.717) is 24.7 Å². The second kappa shape index (κ2) is 7.38.